The van der Waals surface area contributed by atoms with E-state index in [9.17, 15) is 4.79 Å². The van der Waals surface area contributed by atoms with Crippen LogP contribution in [0.25, 0.3) is 10.9 Å². The van der Waals surface area contributed by atoms with Crippen molar-refractivity contribution in [2.45, 2.75) is 6.42 Å². The molecule has 3 nitrogen and oxygen atoms in total. The number of hydrogen-bond donors (Lipinski definition) is 1. The largest absolute Gasteiger partial charge is 0.399 e. The van der Waals surface area contributed by atoms with Gasteiger partial charge in [-0.25, -0.2) is 0 Å². The van der Waals surface area contributed by atoms with Crippen LogP contribution in [0.5, 0.6) is 0 Å². The monoisotopic (exact) mass is 262 g/mol. The van der Waals surface area contributed by atoms with Crippen molar-refractivity contribution < 1.29 is 4.79 Å². The highest BCUT2D eigenvalue weighted by Crippen LogP contribution is 2.18. The van der Waals surface area contributed by atoms with Crippen molar-refractivity contribution in [3.8, 4) is 0 Å². The maximum absolute atomic E-state index is 12.3. The summed E-state index contributed by atoms with van der Waals surface area (Å²) in [5.41, 5.74) is 8.87. The molecule has 3 aromatic rings. The Bertz CT molecular complexity index is 775. The van der Waals surface area contributed by atoms with E-state index >= 15 is 0 Å². The number of anilines is 1. The van der Waals surface area contributed by atoms with E-state index in [0.29, 0.717) is 17.7 Å². The van der Waals surface area contributed by atoms with E-state index in [-0.39, 0.29) is 5.78 Å². The summed E-state index contributed by atoms with van der Waals surface area (Å²) >= 11 is 0. The molecule has 0 atom stereocenters. The third-order valence-electron chi connectivity index (χ3n) is 3.30. The Kier molecular flexibility index (Phi) is 3.17. The van der Waals surface area contributed by atoms with Crippen LogP contribution in [0.4, 0.5) is 5.69 Å². The summed E-state index contributed by atoms with van der Waals surface area (Å²) < 4.78 is 0. The lowest BCUT2D eigenvalue weighted by Crippen LogP contribution is -2.04. The van der Waals surface area contributed by atoms with Gasteiger partial charge in [-0.2, -0.15) is 0 Å². The van der Waals surface area contributed by atoms with Gasteiger partial charge in [-0.3, -0.25) is 9.78 Å². The Morgan fingerprint density at radius 1 is 1.05 bits per heavy atom. The topological polar surface area (TPSA) is 56.0 Å². The number of hydrogen-bond acceptors (Lipinski definition) is 3. The number of carbonyl (C=O) groups is 1. The van der Waals surface area contributed by atoms with Crippen molar-refractivity contribution in [1.82, 2.24) is 4.98 Å². The van der Waals surface area contributed by atoms with Crippen LogP contribution >= 0.6 is 0 Å². The van der Waals surface area contributed by atoms with Gasteiger partial charge in [0, 0.05) is 29.3 Å². The molecule has 0 spiro atoms. The first-order valence-electron chi connectivity index (χ1n) is 6.45. The molecule has 0 radical (unpaired) electrons. The lowest BCUT2D eigenvalue weighted by Gasteiger charge is -2.06. The van der Waals surface area contributed by atoms with Crippen LogP contribution in [-0.2, 0) is 6.42 Å². The molecule has 0 fully saturated rings. The van der Waals surface area contributed by atoms with Gasteiger partial charge >= 0.3 is 0 Å². The van der Waals surface area contributed by atoms with E-state index in [0.717, 1.165) is 16.5 Å². The van der Waals surface area contributed by atoms with Gasteiger partial charge in [0.05, 0.1) is 5.52 Å². The molecular weight excluding hydrogens is 248 g/mol. The number of Topliss-reactive ketones (excluding diaryl/α,β-unsaturated/α-hetero) is 1. The van der Waals surface area contributed by atoms with E-state index < -0.39 is 0 Å². The molecule has 0 saturated carbocycles. The van der Waals surface area contributed by atoms with Gasteiger partial charge in [-0.1, -0.05) is 30.3 Å². The van der Waals surface area contributed by atoms with Gasteiger partial charge in [-0.05, 0) is 29.8 Å². The van der Waals surface area contributed by atoms with Crippen LogP contribution in [0.1, 0.15) is 15.9 Å². The highest BCUT2D eigenvalue weighted by Gasteiger charge is 2.09. The van der Waals surface area contributed by atoms with Gasteiger partial charge in [0.1, 0.15) is 0 Å². The van der Waals surface area contributed by atoms with Crippen LogP contribution in [0, 0.1) is 0 Å². The molecule has 98 valence electrons. The maximum Gasteiger partial charge on any atom is 0.167 e. The fourth-order valence-corrected chi connectivity index (χ4v) is 2.30. The first kappa shape index (κ1) is 12.4. The zero-order valence-electron chi connectivity index (χ0n) is 10.9. The molecule has 20 heavy (non-hydrogen) atoms. The van der Waals surface area contributed by atoms with E-state index in [1.165, 1.54) is 0 Å². The number of aromatic nitrogens is 1. The predicted octanol–water partition coefficient (Wildman–Crippen LogP) is 3.24. The van der Waals surface area contributed by atoms with Gasteiger partial charge in [0.15, 0.2) is 5.78 Å². The summed E-state index contributed by atoms with van der Waals surface area (Å²) in [4.78, 5) is 16.6. The average Bonchev–Trinajstić information content (AvgIpc) is 2.47. The summed E-state index contributed by atoms with van der Waals surface area (Å²) in [5, 5.41) is 1.02. The first-order chi connectivity index (χ1) is 9.74. The molecule has 2 N–H and O–H groups in total. The van der Waals surface area contributed by atoms with Crippen LogP contribution in [0.2, 0.25) is 0 Å². The van der Waals surface area contributed by atoms with Crippen molar-refractivity contribution in [2.75, 3.05) is 5.73 Å². The highest BCUT2D eigenvalue weighted by molar-refractivity contribution is 6.00. The Morgan fingerprint density at radius 3 is 2.75 bits per heavy atom. The number of para-hydroxylation sites is 1. The number of carbonyl (C=O) groups excluding carboxylic acids is 1. The third kappa shape index (κ3) is 2.38. The summed E-state index contributed by atoms with van der Waals surface area (Å²) in [6, 6.07) is 16.8. The lowest BCUT2D eigenvalue weighted by atomic mass is 10.00. The molecule has 0 aliphatic carbocycles. The SMILES string of the molecule is Nc1cccc(C(=O)Cc2ccnc3ccccc23)c1. The minimum absolute atomic E-state index is 0.0636. The number of nitrogens with two attached hydrogens (primary N) is 1. The number of nitrogens with zero attached hydrogens (tertiary/aromatic N) is 1. The normalized spacial score (nSPS) is 10.6. The average molecular weight is 262 g/mol. The van der Waals surface area contributed by atoms with Crippen LogP contribution in [0.3, 0.4) is 0 Å². The minimum Gasteiger partial charge on any atom is -0.399 e. The molecule has 3 heteroatoms. The van der Waals surface area contributed by atoms with Gasteiger partial charge in [0.2, 0.25) is 0 Å². The first-order valence-corrected chi connectivity index (χ1v) is 6.45. The summed E-state index contributed by atoms with van der Waals surface area (Å²) in [5.74, 6) is 0.0636. The van der Waals surface area contributed by atoms with Crippen molar-refractivity contribution in [1.29, 1.82) is 0 Å². The number of benzene rings is 2. The Balaban J connectivity index is 1.95. The molecule has 1 aromatic heterocycles. The van der Waals surface area contributed by atoms with E-state index in [1.807, 2.05) is 30.3 Å². The van der Waals surface area contributed by atoms with Crippen LogP contribution in [-0.4, -0.2) is 10.8 Å². The van der Waals surface area contributed by atoms with Crippen molar-refractivity contribution in [2.24, 2.45) is 0 Å². The van der Waals surface area contributed by atoms with Crippen molar-refractivity contribution in [3.63, 3.8) is 0 Å². The Morgan fingerprint density at radius 2 is 1.90 bits per heavy atom. The number of fused-ring (bicyclic) bond motifs is 1. The second-order valence-electron chi connectivity index (χ2n) is 4.71. The van der Waals surface area contributed by atoms with E-state index in [1.54, 1.807) is 30.5 Å². The zero-order chi connectivity index (χ0) is 13.9. The summed E-state index contributed by atoms with van der Waals surface area (Å²) in [7, 11) is 0. The summed E-state index contributed by atoms with van der Waals surface area (Å²) in [6.07, 6.45) is 2.09. The quantitative estimate of drug-likeness (QED) is 0.582. The second kappa shape index (κ2) is 5.13. The fourth-order valence-electron chi connectivity index (χ4n) is 2.30. The number of ketones is 1. The number of rotatable bonds is 3. The van der Waals surface area contributed by atoms with E-state index in [2.05, 4.69) is 4.98 Å². The minimum atomic E-state index is 0.0636. The fraction of sp³-hybridized carbons (Fsp3) is 0.0588. The molecule has 0 unspecified atom stereocenters. The molecule has 0 amide bonds. The molecule has 1 heterocycles. The van der Waals surface area contributed by atoms with Gasteiger partial charge in [0.25, 0.3) is 0 Å². The molecule has 0 saturated heterocycles. The molecule has 0 aliphatic rings. The summed E-state index contributed by atoms with van der Waals surface area (Å²) in [6.45, 7) is 0. The van der Waals surface area contributed by atoms with Crippen molar-refractivity contribution >= 4 is 22.4 Å². The Hall–Kier alpha value is -2.68. The van der Waals surface area contributed by atoms with E-state index in [4.69, 9.17) is 5.73 Å². The second-order valence-corrected chi connectivity index (χ2v) is 4.71. The molecular formula is C17H14N2O. The zero-order valence-corrected chi connectivity index (χ0v) is 10.9. The molecule has 3 rings (SSSR count). The Labute approximate surface area is 117 Å². The number of nitrogen functional groups attached to an aromatic ring is 1. The van der Waals surface area contributed by atoms with Gasteiger partial charge in [-0.15, -0.1) is 0 Å². The standard InChI is InChI=1S/C17H14N2O/c18-14-5-3-4-13(10-14)17(20)11-12-8-9-19-16-7-2-1-6-15(12)16/h1-10H,11,18H2. The third-order valence-corrected chi connectivity index (χ3v) is 3.30. The van der Waals surface area contributed by atoms with Gasteiger partial charge < -0.3 is 5.73 Å². The highest BCUT2D eigenvalue weighted by atomic mass is 16.1. The molecule has 0 bridgehead atoms. The lowest BCUT2D eigenvalue weighted by molar-refractivity contribution is 0.0993. The van der Waals surface area contributed by atoms with Crippen molar-refractivity contribution in [3.05, 3.63) is 71.9 Å². The number of pyridine rings is 1. The molecule has 0 aliphatic heterocycles. The predicted molar refractivity (Wildman–Crippen MR) is 80.6 cm³/mol. The van der Waals surface area contributed by atoms with Crippen LogP contribution < -0.4 is 5.73 Å². The molecule has 2 aromatic carbocycles. The smallest absolute Gasteiger partial charge is 0.167 e. The maximum atomic E-state index is 12.3. The van der Waals surface area contributed by atoms with Crippen LogP contribution in [0.15, 0.2) is 60.8 Å².